The highest BCUT2D eigenvalue weighted by atomic mass is 32.2. The van der Waals surface area contributed by atoms with E-state index in [1.807, 2.05) is 48.5 Å². The van der Waals surface area contributed by atoms with Gasteiger partial charge in [0, 0.05) is 6.42 Å². The van der Waals surface area contributed by atoms with Gasteiger partial charge in [-0.1, -0.05) is 36.0 Å². The van der Waals surface area contributed by atoms with Gasteiger partial charge in [-0.15, -0.1) is 0 Å². The average molecular weight is 383 g/mol. The summed E-state index contributed by atoms with van der Waals surface area (Å²) in [6.07, 6.45) is -0.0189. The summed E-state index contributed by atoms with van der Waals surface area (Å²) in [5.41, 5.74) is 6.92. The lowest BCUT2D eigenvalue weighted by molar-refractivity contribution is -0.128. The van der Waals surface area contributed by atoms with E-state index in [2.05, 4.69) is 4.99 Å². The summed E-state index contributed by atoms with van der Waals surface area (Å²) in [6, 6.07) is 14.9. The molecule has 0 spiro atoms. The molecule has 2 N–H and O–H groups in total. The van der Waals surface area contributed by atoms with Gasteiger partial charge in [0.15, 0.2) is 16.7 Å². The molecule has 4 rings (SSSR count). The van der Waals surface area contributed by atoms with Crippen LogP contribution in [0.2, 0.25) is 0 Å². The SMILES string of the molecule is NC(=O)CC1SC(=Nc2ccccc2)N(Cc2ccc3c(c2)OCO3)C1=O. The fourth-order valence-corrected chi connectivity index (χ4v) is 4.06. The summed E-state index contributed by atoms with van der Waals surface area (Å²) in [4.78, 5) is 30.3. The Morgan fingerprint density at radius 1 is 1.19 bits per heavy atom. The van der Waals surface area contributed by atoms with Crippen molar-refractivity contribution in [1.29, 1.82) is 0 Å². The van der Waals surface area contributed by atoms with Crippen LogP contribution in [0.3, 0.4) is 0 Å². The van der Waals surface area contributed by atoms with E-state index in [1.54, 1.807) is 4.90 Å². The zero-order valence-corrected chi connectivity index (χ0v) is 15.1. The highest BCUT2D eigenvalue weighted by Crippen LogP contribution is 2.36. The first kappa shape index (κ1) is 17.4. The summed E-state index contributed by atoms with van der Waals surface area (Å²) in [5, 5.41) is -0.00547. The van der Waals surface area contributed by atoms with E-state index in [0.29, 0.717) is 23.2 Å². The number of para-hydroxylation sites is 1. The van der Waals surface area contributed by atoms with Crippen LogP contribution in [0.1, 0.15) is 12.0 Å². The molecule has 0 aliphatic carbocycles. The van der Waals surface area contributed by atoms with Crippen LogP contribution in [0.4, 0.5) is 5.69 Å². The molecule has 1 saturated heterocycles. The number of nitrogens with zero attached hydrogens (tertiary/aromatic N) is 2. The Bertz CT molecular complexity index is 916. The number of hydrogen-bond acceptors (Lipinski definition) is 6. The third-order valence-corrected chi connectivity index (χ3v) is 5.34. The molecule has 2 aromatic carbocycles. The maximum atomic E-state index is 12.8. The molecule has 1 fully saturated rings. The number of carbonyl (C=O) groups is 2. The number of amidine groups is 1. The molecule has 2 aromatic rings. The molecule has 2 aliphatic rings. The lowest BCUT2D eigenvalue weighted by atomic mass is 10.2. The Balaban J connectivity index is 1.62. The van der Waals surface area contributed by atoms with Gasteiger partial charge in [-0.3, -0.25) is 14.5 Å². The fraction of sp³-hybridized carbons (Fsp3) is 0.211. The average Bonchev–Trinajstić information content (AvgIpc) is 3.22. The summed E-state index contributed by atoms with van der Waals surface area (Å²) >= 11 is 1.26. The Labute approximate surface area is 160 Å². The molecule has 138 valence electrons. The number of fused-ring (bicyclic) bond motifs is 1. The highest BCUT2D eigenvalue weighted by molar-refractivity contribution is 8.15. The number of benzene rings is 2. The molecule has 0 radical (unpaired) electrons. The van der Waals surface area contributed by atoms with Gasteiger partial charge in [-0.2, -0.15) is 0 Å². The summed E-state index contributed by atoms with van der Waals surface area (Å²) in [6.45, 7) is 0.516. The van der Waals surface area contributed by atoms with Gasteiger partial charge in [0.1, 0.15) is 5.25 Å². The smallest absolute Gasteiger partial charge is 0.242 e. The van der Waals surface area contributed by atoms with Gasteiger partial charge in [-0.05, 0) is 29.8 Å². The molecule has 27 heavy (non-hydrogen) atoms. The van der Waals surface area contributed by atoms with Crippen molar-refractivity contribution >= 4 is 34.4 Å². The van der Waals surface area contributed by atoms with Crippen LogP contribution in [-0.2, 0) is 16.1 Å². The minimum atomic E-state index is -0.557. The van der Waals surface area contributed by atoms with E-state index in [-0.39, 0.29) is 19.1 Å². The van der Waals surface area contributed by atoms with Crippen molar-refractivity contribution in [3.8, 4) is 11.5 Å². The lowest BCUT2D eigenvalue weighted by Crippen LogP contribution is -2.33. The minimum Gasteiger partial charge on any atom is -0.454 e. The molecular weight excluding hydrogens is 366 g/mol. The van der Waals surface area contributed by atoms with E-state index in [0.717, 1.165) is 11.3 Å². The molecule has 7 nitrogen and oxygen atoms in total. The van der Waals surface area contributed by atoms with Crippen LogP contribution in [0.25, 0.3) is 0 Å². The van der Waals surface area contributed by atoms with E-state index in [1.165, 1.54) is 11.8 Å². The van der Waals surface area contributed by atoms with E-state index in [4.69, 9.17) is 15.2 Å². The normalized spacial score (nSPS) is 19.7. The van der Waals surface area contributed by atoms with Gasteiger partial charge < -0.3 is 15.2 Å². The van der Waals surface area contributed by atoms with Crippen LogP contribution >= 0.6 is 11.8 Å². The molecule has 0 saturated carbocycles. The Morgan fingerprint density at radius 2 is 1.96 bits per heavy atom. The van der Waals surface area contributed by atoms with E-state index in [9.17, 15) is 9.59 Å². The van der Waals surface area contributed by atoms with Crippen LogP contribution in [0, 0.1) is 0 Å². The Hall–Kier alpha value is -3.00. The Morgan fingerprint density at radius 3 is 2.74 bits per heavy atom. The monoisotopic (exact) mass is 383 g/mol. The fourth-order valence-electron chi connectivity index (χ4n) is 2.89. The molecular formula is C19H17N3O4S. The van der Waals surface area contributed by atoms with Gasteiger partial charge in [0.05, 0.1) is 12.2 Å². The van der Waals surface area contributed by atoms with Crippen molar-refractivity contribution in [2.45, 2.75) is 18.2 Å². The van der Waals surface area contributed by atoms with Crippen LogP contribution in [0.5, 0.6) is 11.5 Å². The van der Waals surface area contributed by atoms with Crippen LogP contribution in [0.15, 0.2) is 53.5 Å². The maximum Gasteiger partial charge on any atom is 0.242 e. The second-order valence-corrected chi connectivity index (χ2v) is 7.29. The van der Waals surface area contributed by atoms with Crippen LogP contribution in [-0.4, -0.2) is 33.9 Å². The van der Waals surface area contributed by atoms with Gasteiger partial charge in [0.2, 0.25) is 18.6 Å². The second-order valence-electron chi connectivity index (χ2n) is 6.12. The number of primary amides is 1. The molecule has 2 amide bonds. The molecule has 0 aromatic heterocycles. The summed E-state index contributed by atoms with van der Waals surface area (Å²) in [7, 11) is 0. The third kappa shape index (κ3) is 3.75. The van der Waals surface area contributed by atoms with E-state index < -0.39 is 11.2 Å². The number of rotatable bonds is 5. The first-order valence-corrected chi connectivity index (χ1v) is 9.27. The molecule has 0 bridgehead atoms. The maximum absolute atomic E-state index is 12.8. The number of hydrogen-bond donors (Lipinski definition) is 1. The van der Waals surface area contributed by atoms with Crippen molar-refractivity contribution in [3.05, 3.63) is 54.1 Å². The standard InChI is InChI=1S/C19H17N3O4S/c20-17(23)9-16-18(24)22(19(27-16)21-13-4-2-1-3-5-13)10-12-6-7-14-15(8-12)26-11-25-14/h1-8,16H,9-11H2,(H2,20,23). The Kier molecular flexibility index (Phi) is 4.72. The number of ether oxygens (including phenoxy) is 2. The molecule has 1 atom stereocenters. The number of thioether (sulfide) groups is 1. The first-order chi connectivity index (χ1) is 13.1. The molecule has 8 heteroatoms. The highest BCUT2D eigenvalue weighted by Gasteiger charge is 2.39. The van der Waals surface area contributed by atoms with Crippen LogP contribution < -0.4 is 15.2 Å². The summed E-state index contributed by atoms with van der Waals surface area (Å²) in [5.74, 6) is 0.656. The molecule has 1 unspecified atom stereocenters. The third-order valence-electron chi connectivity index (χ3n) is 4.17. The zero-order valence-electron chi connectivity index (χ0n) is 14.3. The van der Waals surface area contributed by atoms with E-state index >= 15 is 0 Å². The topological polar surface area (TPSA) is 94.2 Å². The predicted octanol–water partition coefficient (Wildman–Crippen LogP) is 2.42. The van der Waals surface area contributed by atoms with Gasteiger partial charge in [-0.25, -0.2) is 4.99 Å². The predicted molar refractivity (Wildman–Crippen MR) is 102 cm³/mol. The number of nitrogens with two attached hydrogens (primary N) is 1. The van der Waals surface area contributed by atoms with Crippen molar-refractivity contribution in [2.24, 2.45) is 10.7 Å². The first-order valence-electron chi connectivity index (χ1n) is 8.39. The van der Waals surface area contributed by atoms with Crippen molar-refractivity contribution in [1.82, 2.24) is 4.90 Å². The van der Waals surface area contributed by atoms with Gasteiger partial charge >= 0.3 is 0 Å². The summed E-state index contributed by atoms with van der Waals surface area (Å²) < 4.78 is 10.7. The minimum absolute atomic E-state index is 0.0189. The number of amides is 2. The molecule has 2 aliphatic heterocycles. The lowest BCUT2D eigenvalue weighted by Gasteiger charge is -2.17. The number of carbonyl (C=O) groups excluding carboxylic acids is 2. The second kappa shape index (κ2) is 7.32. The largest absolute Gasteiger partial charge is 0.454 e. The van der Waals surface area contributed by atoms with Crippen molar-refractivity contribution < 1.29 is 19.1 Å². The quantitative estimate of drug-likeness (QED) is 0.856. The number of aliphatic imine (C=N–C) groups is 1. The van der Waals surface area contributed by atoms with Gasteiger partial charge in [0.25, 0.3) is 0 Å². The van der Waals surface area contributed by atoms with Crippen molar-refractivity contribution in [3.63, 3.8) is 0 Å². The molecule has 2 heterocycles. The van der Waals surface area contributed by atoms with Crippen molar-refractivity contribution in [2.75, 3.05) is 6.79 Å². The zero-order chi connectivity index (χ0) is 18.8.